The topological polar surface area (TPSA) is 12.0 Å². The number of halogens is 2. The van der Waals surface area contributed by atoms with Crippen molar-refractivity contribution in [2.75, 3.05) is 7.05 Å². The van der Waals surface area contributed by atoms with E-state index < -0.39 is 0 Å². The fourth-order valence-electron chi connectivity index (χ4n) is 2.18. The number of rotatable bonds is 5. The Bertz CT molecular complexity index is 553. The molecule has 1 heterocycles. The zero-order valence-corrected chi connectivity index (χ0v) is 14.2. The molecule has 1 N–H and O–H groups in total. The lowest BCUT2D eigenvalue weighted by Crippen LogP contribution is -2.19. The van der Waals surface area contributed by atoms with Crippen LogP contribution in [0.2, 0.25) is 5.02 Å². The number of benzene rings is 1. The minimum Gasteiger partial charge on any atom is -0.312 e. The quantitative estimate of drug-likeness (QED) is 0.771. The summed E-state index contributed by atoms with van der Waals surface area (Å²) in [5.74, 6) is 0. The molecule has 0 aliphatic heterocycles. The number of thiophene rings is 1. The van der Waals surface area contributed by atoms with Gasteiger partial charge in [-0.05, 0) is 54.6 Å². The Balaban J connectivity index is 2.24. The van der Waals surface area contributed by atoms with Gasteiger partial charge < -0.3 is 5.32 Å². The Morgan fingerprint density at radius 3 is 2.74 bits per heavy atom. The van der Waals surface area contributed by atoms with Crippen molar-refractivity contribution in [1.82, 2.24) is 5.32 Å². The lowest BCUT2D eigenvalue weighted by Gasteiger charge is -2.17. The van der Waals surface area contributed by atoms with Gasteiger partial charge in [0.25, 0.3) is 0 Å². The Hall–Kier alpha value is -0.350. The van der Waals surface area contributed by atoms with Crippen LogP contribution in [-0.2, 0) is 12.8 Å². The summed E-state index contributed by atoms with van der Waals surface area (Å²) in [4.78, 5) is 1.42. The number of hydrogen-bond donors (Lipinski definition) is 1. The van der Waals surface area contributed by atoms with Gasteiger partial charge >= 0.3 is 0 Å². The van der Waals surface area contributed by atoms with Crippen LogP contribution in [-0.4, -0.2) is 7.05 Å². The van der Waals surface area contributed by atoms with Gasteiger partial charge in [-0.1, -0.05) is 40.5 Å². The van der Waals surface area contributed by atoms with E-state index in [1.165, 1.54) is 16.0 Å². The second-order valence-electron chi connectivity index (χ2n) is 4.44. The van der Waals surface area contributed by atoms with Crippen molar-refractivity contribution in [3.63, 3.8) is 0 Å². The van der Waals surface area contributed by atoms with Gasteiger partial charge in [0.2, 0.25) is 0 Å². The Morgan fingerprint density at radius 1 is 1.32 bits per heavy atom. The average molecular weight is 359 g/mol. The molecule has 0 aliphatic carbocycles. The van der Waals surface area contributed by atoms with Crippen LogP contribution in [0.3, 0.4) is 0 Å². The molecular formula is C15H17BrClNS. The summed E-state index contributed by atoms with van der Waals surface area (Å²) in [6.45, 7) is 2.20. The molecule has 0 aliphatic rings. The first-order chi connectivity index (χ1) is 9.15. The van der Waals surface area contributed by atoms with Crippen molar-refractivity contribution in [2.24, 2.45) is 0 Å². The van der Waals surface area contributed by atoms with Crippen LogP contribution in [0.25, 0.3) is 0 Å². The predicted octanol–water partition coefficient (Wildman–Crippen LogP) is 5.23. The van der Waals surface area contributed by atoms with E-state index in [1.54, 1.807) is 0 Å². The number of likely N-dealkylation sites (N-methyl/N-ethyl adjacent to an activating group) is 1. The fourth-order valence-corrected chi connectivity index (χ4v) is 4.04. The maximum atomic E-state index is 6.31. The second kappa shape index (κ2) is 6.89. The SMILES string of the molecule is CCc1ccsc1C(Cc1ccc(Br)cc1Cl)NC. The molecule has 0 radical (unpaired) electrons. The molecule has 1 atom stereocenters. The molecule has 0 saturated carbocycles. The molecule has 2 aromatic rings. The Labute approximate surface area is 132 Å². The highest BCUT2D eigenvalue weighted by Crippen LogP contribution is 2.30. The summed E-state index contributed by atoms with van der Waals surface area (Å²) in [6.07, 6.45) is 1.99. The summed E-state index contributed by atoms with van der Waals surface area (Å²) < 4.78 is 1.02. The van der Waals surface area contributed by atoms with Gasteiger partial charge in [-0.2, -0.15) is 0 Å². The molecule has 0 bridgehead atoms. The van der Waals surface area contributed by atoms with Crippen LogP contribution >= 0.6 is 38.9 Å². The molecule has 1 nitrogen and oxygen atoms in total. The van der Waals surface area contributed by atoms with Gasteiger partial charge in [0, 0.05) is 20.4 Å². The van der Waals surface area contributed by atoms with Gasteiger partial charge in [0.1, 0.15) is 0 Å². The van der Waals surface area contributed by atoms with Crippen molar-refractivity contribution in [2.45, 2.75) is 25.8 Å². The van der Waals surface area contributed by atoms with Crippen LogP contribution in [0.1, 0.15) is 29.0 Å². The van der Waals surface area contributed by atoms with E-state index in [0.717, 1.165) is 22.3 Å². The predicted molar refractivity (Wildman–Crippen MR) is 88.4 cm³/mol. The van der Waals surface area contributed by atoms with Crippen molar-refractivity contribution in [1.29, 1.82) is 0 Å². The number of nitrogens with one attached hydrogen (secondary N) is 1. The van der Waals surface area contributed by atoms with Crippen molar-refractivity contribution < 1.29 is 0 Å². The van der Waals surface area contributed by atoms with E-state index in [-0.39, 0.29) is 0 Å². The number of aryl methyl sites for hydroxylation is 1. The van der Waals surface area contributed by atoms with E-state index >= 15 is 0 Å². The zero-order chi connectivity index (χ0) is 13.8. The first kappa shape index (κ1) is 15.0. The third-order valence-electron chi connectivity index (χ3n) is 3.27. The second-order valence-corrected chi connectivity index (χ2v) is 6.72. The maximum absolute atomic E-state index is 6.31. The molecule has 102 valence electrons. The first-order valence-electron chi connectivity index (χ1n) is 6.33. The normalized spacial score (nSPS) is 12.6. The van der Waals surface area contributed by atoms with Crippen molar-refractivity contribution >= 4 is 38.9 Å². The maximum Gasteiger partial charge on any atom is 0.0456 e. The zero-order valence-electron chi connectivity index (χ0n) is 11.0. The van der Waals surface area contributed by atoms with E-state index in [2.05, 4.69) is 45.7 Å². The highest BCUT2D eigenvalue weighted by Gasteiger charge is 2.16. The first-order valence-corrected chi connectivity index (χ1v) is 8.38. The minimum atomic E-state index is 0.327. The summed E-state index contributed by atoms with van der Waals surface area (Å²) in [7, 11) is 2.01. The number of hydrogen-bond acceptors (Lipinski definition) is 2. The molecule has 0 fully saturated rings. The molecule has 0 amide bonds. The van der Waals surface area contributed by atoms with E-state index in [1.807, 2.05) is 30.5 Å². The van der Waals surface area contributed by atoms with E-state index in [4.69, 9.17) is 11.6 Å². The lowest BCUT2D eigenvalue weighted by molar-refractivity contribution is 0.597. The molecule has 1 aromatic carbocycles. The molecule has 1 aromatic heterocycles. The van der Waals surface area contributed by atoms with Gasteiger partial charge in [0.15, 0.2) is 0 Å². The minimum absolute atomic E-state index is 0.327. The van der Waals surface area contributed by atoms with Gasteiger partial charge in [0.05, 0.1) is 0 Å². The molecule has 1 unspecified atom stereocenters. The van der Waals surface area contributed by atoms with Crippen LogP contribution < -0.4 is 5.32 Å². The molecule has 2 rings (SSSR count). The van der Waals surface area contributed by atoms with Gasteiger partial charge in [-0.25, -0.2) is 0 Å². The van der Waals surface area contributed by atoms with Crippen LogP contribution in [0, 0.1) is 0 Å². The molecule has 19 heavy (non-hydrogen) atoms. The summed E-state index contributed by atoms with van der Waals surface area (Å²) in [5, 5.41) is 6.40. The Kier molecular flexibility index (Phi) is 5.46. The van der Waals surface area contributed by atoms with Crippen LogP contribution in [0.5, 0.6) is 0 Å². The molecule has 0 spiro atoms. The van der Waals surface area contributed by atoms with Crippen molar-refractivity contribution in [3.05, 3.63) is 55.1 Å². The third kappa shape index (κ3) is 3.60. The Morgan fingerprint density at radius 2 is 2.11 bits per heavy atom. The van der Waals surface area contributed by atoms with E-state index in [0.29, 0.717) is 6.04 Å². The summed E-state index contributed by atoms with van der Waals surface area (Å²) in [6, 6.07) is 8.64. The highest BCUT2D eigenvalue weighted by molar-refractivity contribution is 9.10. The highest BCUT2D eigenvalue weighted by atomic mass is 79.9. The fraction of sp³-hybridized carbons (Fsp3) is 0.333. The largest absolute Gasteiger partial charge is 0.312 e. The third-order valence-corrected chi connectivity index (χ3v) is 5.18. The van der Waals surface area contributed by atoms with Gasteiger partial charge in [-0.3, -0.25) is 0 Å². The molecular weight excluding hydrogens is 342 g/mol. The van der Waals surface area contributed by atoms with Crippen molar-refractivity contribution in [3.8, 4) is 0 Å². The smallest absolute Gasteiger partial charge is 0.0456 e. The van der Waals surface area contributed by atoms with E-state index in [9.17, 15) is 0 Å². The van der Waals surface area contributed by atoms with Crippen LogP contribution in [0.4, 0.5) is 0 Å². The summed E-state index contributed by atoms with van der Waals surface area (Å²) >= 11 is 11.6. The van der Waals surface area contributed by atoms with Crippen LogP contribution in [0.15, 0.2) is 34.1 Å². The monoisotopic (exact) mass is 357 g/mol. The molecule has 4 heteroatoms. The van der Waals surface area contributed by atoms with Gasteiger partial charge in [-0.15, -0.1) is 11.3 Å². The standard InChI is InChI=1S/C15H17BrClNS/c1-3-10-6-7-19-15(10)14(18-2)8-11-4-5-12(16)9-13(11)17/h4-7,9,14,18H,3,8H2,1-2H3. The average Bonchev–Trinajstić information content (AvgIpc) is 2.86. The molecule has 0 saturated heterocycles. The lowest BCUT2D eigenvalue weighted by atomic mass is 10.0. The summed E-state index contributed by atoms with van der Waals surface area (Å²) in [5.41, 5.74) is 2.61.